The zero-order valence-corrected chi connectivity index (χ0v) is 15.0. The van der Waals surface area contributed by atoms with E-state index < -0.39 is 0 Å². The summed E-state index contributed by atoms with van der Waals surface area (Å²) >= 11 is 0. The molecule has 3 aliphatic rings. The predicted octanol–water partition coefficient (Wildman–Crippen LogP) is 3.37. The SMILES string of the molecule is C[C@H](NC(=O)[C@@H](C)N1CCc2ccccc2C1)[C@@H]1C[C@H]2CC[C@H]1C2. The lowest BCUT2D eigenvalue weighted by Crippen LogP contribution is -2.50. The number of carbonyl (C=O) groups is 1. The zero-order valence-electron chi connectivity index (χ0n) is 15.0. The Bertz CT molecular complexity index is 614. The van der Waals surface area contributed by atoms with Crippen LogP contribution in [0.3, 0.4) is 0 Å². The van der Waals surface area contributed by atoms with E-state index in [0.717, 1.165) is 31.3 Å². The summed E-state index contributed by atoms with van der Waals surface area (Å²) in [5.41, 5.74) is 2.82. The Labute approximate surface area is 145 Å². The van der Waals surface area contributed by atoms with E-state index in [4.69, 9.17) is 0 Å². The zero-order chi connectivity index (χ0) is 16.7. The molecule has 2 fully saturated rings. The number of nitrogens with one attached hydrogen (secondary N) is 1. The third kappa shape index (κ3) is 2.99. The van der Waals surface area contributed by atoms with Gasteiger partial charge in [-0.05, 0) is 68.4 Å². The molecule has 1 aliphatic heterocycles. The number of fused-ring (bicyclic) bond motifs is 3. The van der Waals surface area contributed by atoms with E-state index in [-0.39, 0.29) is 11.9 Å². The van der Waals surface area contributed by atoms with Crippen molar-refractivity contribution in [2.24, 2.45) is 17.8 Å². The molecule has 1 aromatic rings. The van der Waals surface area contributed by atoms with Crippen LogP contribution in [0.4, 0.5) is 0 Å². The molecule has 2 bridgehead atoms. The number of carbonyl (C=O) groups excluding carboxylic acids is 1. The van der Waals surface area contributed by atoms with E-state index in [2.05, 4.69) is 48.3 Å². The van der Waals surface area contributed by atoms with Crippen molar-refractivity contribution in [3.63, 3.8) is 0 Å². The Morgan fingerprint density at radius 1 is 1.17 bits per heavy atom. The van der Waals surface area contributed by atoms with E-state index in [1.807, 2.05) is 0 Å². The van der Waals surface area contributed by atoms with Gasteiger partial charge in [-0.25, -0.2) is 0 Å². The van der Waals surface area contributed by atoms with Crippen molar-refractivity contribution >= 4 is 5.91 Å². The summed E-state index contributed by atoms with van der Waals surface area (Å²) < 4.78 is 0. The first-order valence-electron chi connectivity index (χ1n) is 9.73. The second-order valence-electron chi connectivity index (χ2n) is 8.30. The topological polar surface area (TPSA) is 32.3 Å². The molecule has 3 heteroatoms. The first-order valence-corrected chi connectivity index (χ1v) is 9.73. The second kappa shape index (κ2) is 6.51. The van der Waals surface area contributed by atoms with Gasteiger partial charge < -0.3 is 5.32 Å². The normalized spacial score (nSPS) is 31.5. The summed E-state index contributed by atoms with van der Waals surface area (Å²) in [6.45, 7) is 6.17. The summed E-state index contributed by atoms with van der Waals surface area (Å²) in [7, 11) is 0. The molecule has 0 spiro atoms. The van der Waals surface area contributed by atoms with Crippen LogP contribution in [0.1, 0.15) is 50.7 Å². The van der Waals surface area contributed by atoms with Gasteiger partial charge in [0.15, 0.2) is 0 Å². The highest BCUT2D eigenvalue weighted by Gasteiger charge is 2.42. The molecule has 5 atom stereocenters. The van der Waals surface area contributed by atoms with E-state index in [9.17, 15) is 4.79 Å². The van der Waals surface area contributed by atoms with Crippen LogP contribution in [-0.2, 0) is 17.8 Å². The van der Waals surface area contributed by atoms with Gasteiger partial charge >= 0.3 is 0 Å². The molecule has 4 rings (SSSR count). The second-order valence-corrected chi connectivity index (χ2v) is 8.30. The molecule has 0 aromatic heterocycles. The average molecular weight is 326 g/mol. The molecule has 3 nitrogen and oxygen atoms in total. The van der Waals surface area contributed by atoms with Crippen molar-refractivity contribution in [3.8, 4) is 0 Å². The molecule has 24 heavy (non-hydrogen) atoms. The Hall–Kier alpha value is -1.35. The van der Waals surface area contributed by atoms with Crippen molar-refractivity contribution in [2.45, 2.75) is 64.6 Å². The van der Waals surface area contributed by atoms with Gasteiger partial charge in [-0.3, -0.25) is 9.69 Å². The van der Waals surface area contributed by atoms with E-state index >= 15 is 0 Å². The summed E-state index contributed by atoms with van der Waals surface area (Å²) in [6.07, 6.45) is 6.59. The molecule has 0 saturated heterocycles. The fourth-order valence-corrected chi connectivity index (χ4v) is 5.37. The molecule has 2 saturated carbocycles. The van der Waals surface area contributed by atoms with Gasteiger partial charge in [0.05, 0.1) is 6.04 Å². The van der Waals surface area contributed by atoms with Gasteiger partial charge in [-0.1, -0.05) is 30.7 Å². The van der Waals surface area contributed by atoms with Crippen LogP contribution >= 0.6 is 0 Å². The summed E-state index contributed by atoms with van der Waals surface area (Å²) in [4.78, 5) is 15.1. The number of amides is 1. The maximum atomic E-state index is 12.8. The molecule has 1 N–H and O–H groups in total. The molecule has 1 heterocycles. The lowest BCUT2D eigenvalue weighted by atomic mass is 9.84. The van der Waals surface area contributed by atoms with Crippen molar-refractivity contribution in [1.82, 2.24) is 10.2 Å². The van der Waals surface area contributed by atoms with Crippen LogP contribution in [0, 0.1) is 17.8 Å². The lowest BCUT2D eigenvalue weighted by Gasteiger charge is -2.35. The molecule has 1 amide bonds. The van der Waals surface area contributed by atoms with Gasteiger partial charge in [0.25, 0.3) is 0 Å². The standard InChI is InChI=1S/C21H30N2O/c1-14(20-12-16-7-8-18(20)11-16)22-21(24)15(2)23-10-9-17-5-3-4-6-19(17)13-23/h3-6,14-16,18,20H,7-13H2,1-2H3,(H,22,24)/t14-,15+,16-,18-,20-/m0/s1. The lowest BCUT2D eigenvalue weighted by molar-refractivity contribution is -0.127. The van der Waals surface area contributed by atoms with Gasteiger partial charge in [-0.2, -0.15) is 0 Å². The quantitative estimate of drug-likeness (QED) is 0.920. The summed E-state index contributed by atoms with van der Waals surface area (Å²) in [5.74, 6) is 2.73. The van der Waals surface area contributed by atoms with Crippen LogP contribution < -0.4 is 5.32 Å². The number of rotatable bonds is 4. The van der Waals surface area contributed by atoms with Crippen molar-refractivity contribution < 1.29 is 4.79 Å². The highest BCUT2D eigenvalue weighted by atomic mass is 16.2. The molecule has 130 valence electrons. The van der Waals surface area contributed by atoms with Gasteiger partial charge in [0.2, 0.25) is 5.91 Å². The predicted molar refractivity (Wildman–Crippen MR) is 96.6 cm³/mol. The Morgan fingerprint density at radius 2 is 1.96 bits per heavy atom. The smallest absolute Gasteiger partial charge is 0.237 e. The Kier molecular flexibility index (Phi) is 4.38. The van der Waals surface area contributed by atoms with Crippen LogP contribution in [0.2, 0.25) is 0 Å². The van der Waals surface area contributed by atoms with E-state index in [1.54, 1.807) is 0 Å². The fourth-order valence-electron chi connectivity index (χ4n) is 5.37. The summed E-state index contributed by atoms with van der Waals surface area (Å²) in [6, 6.07) is 8.91. The average Bonchev–Trinajstić information content (AvgIpc) is 3.24. The Balaban J connectivity index is 1.35. The largest absolute Gasteiger partial charge is 0.352 e. The van der Waals surface area contributed by atoms with E-state index in [1.165, 1.54) is 36.8 Å². The number of hydrogen-bond acceptors (Lipinski definition) is 2. The first kappa shape index (κ1) is 16.1. The van der Waals surface area contributed by atoms with Crippen LogP contribution in [0.15, 0.2) is 24.3 Å². The number of nitrogens with zero attached hydrogens (tertiary/aromatic N) is 1. The molecular weight excluding hydrogens is 296 g/mol. The van der Waals surface area contributed by atoms with Gasteiger partial charge in [0.1, 0.15) is 0 Å². The van der Waals surface area contributed by atoms with Crippen LogP contribution in [-0.4, -0.2) is 29.4 Å². The molecular formula is C21H30N2O. The highest BCUT2D eigenvalue weighted by Crippen LogP contribution is 2.49. The van der Waals surface area contributed by atoms with Crippen molar-refractivity contribution in [3.05, 3.63) is 35.4 Å². The third-order valence-electron chi connectivity index (χ3n) is 6.89. The van der Waals surface area contributed by atoms with Gasteiger partial charge in [-0.15, -0.1) is 0 Å². The van der Waals surface area contributed by atoms with E-state index in [0.29, 0.717) is 12.0 Å². The monoisotopic (exact) mass is 326 g/mol. The van der Waals surface area contributed by atoms with Crippen molar-refractivity contribution in [2.75, 3.05) is 6.54 Å². The minimum Gasteiger partial charge on any atom is -0.352 e. The molecule has 1 aromatic carbocycles. The third-order valence-corrected chi connectivity index (χ3v) is 6.89. The first-order chi connectivity index (χ1) is 11.6. The molecule has 0 radical (unpaired) electrons. The maximum Gasteiger partial charge on any atom is 0.237 e. The minimum atomic E-state index is -0.0422. The summed E-state index contributed by atoms with van der Waals surface area (Å²) in [5, 5.41) is 3.35. The minimum absolute atomic E-state index is 0.0422. The number of benzene rings is 1. The Morgan fingerprint density at radius 3 is 2.67 bits per heavy atom. The van der Waals surface area contributed by atoms with Crippen LogP contribution in [0.5, 0.6) is 0 Å². The van der Waals surface area contributed by atoms with Crippen molar-refractivity contribution in [1.29, 1.82) is 0 Å². The molecule has 2 aliphatic carbocycles. The maximum absolute atomic E-state index is 12.8. The molecule has 0 unspecified atom stereocenters. The fraction of sp³-hybridized carbons (Fsp3) is 0.667. The highest BCUT2D eigenvalue weighted by molar-refractivity contribution is 5.81. The van der Waals surface area contributed by atoms with Crippen LogP contribution in [0.25, 0.3) is 0 Å². The number of hydrogen-bond donors (Lipinski definition) is 1. The van der Waals surface area contributed by atoms with Gasteiger partial charge in [0, 0.05) is 19.1 Å².